The van der Waals surface area contributed by atoms with Crippen LogP contribution in [0, 0.1) is 34.9 Å². The van der Waals surface area contributed by atoms with Crippen LogP contribution >= 0.6 is 11.6 Å². The van der Waals surface area contributed by atoms with Crippen molar-refractivity contribution in [3.05, 3.63) is 64.5 Å². The van der Waals surface area contributed by atoms with Crippen LogP contribution in [0.5, 0.6) is 11.5 Å². The maximum atomic E-state index is 14.3. The molecule has 2 aromatic rings. The number of hydrogen-bond acceptors (Lipinski definition) is 6. The van der Waals surface area contributed by atoms with Crippen LogP contribution in [-0.4, -0.2) is 47.8 Å². The number of halogens is 2. The topological polar surface area (TPSA) is 104 Å². The summed E-state index contributed by atoms with van der Waals surface area (Å²) in [5.74, 6) is -5.59. The molecule has 39 heavy (non-hydrogen) atoms. The van der Waals surface area contributed by atoms with E-state index in [0.29, 0.717) is 12.0 Å². The van der Waals surface area contributed by atoms with Crippen LogP contribution in [0.3, 0.4) is 0 Å². The van der Waals surface area contributed by atoms with Crippen molar-refractivity contribution in [2.45, 2.75) is 25.7 Å². The second-order valence-corrected chi connectivity index (χ2v) is 11.3. The van der Waals surface area contributed by atoms with Gasteiger partial charge in [0.25, 0.3) is 0 Å². The molecule has 4 aliphatic rings. The Balaban J connectivity index is 1.56. The molecule has 6 rings (SSSR count). The van der Waals surface area contributed by atoms with Crippen LogP contribution in [0.1, 0.15) is 31.2 Å². The summed E-state index contributed by atoms with van der Waals surface area (Å²) in [6, 6.07) is 8.63. The minimum Gasteiger partial charge on any atom is -0.504 e. The number of fused-ring (bicyclic) bond motifs is 4. The summed E-state index contributed by atoms with van der Waals surface area (Å²) in [4.78, 5) is 56.6. The number of phenolic OH excluding ortho intramolecular Hbond substituents is 1. The quantitative estimate of drug-likeness (QED) is 0.455. The van der Waals surface area contributed by atoms with Crippen LogP contribution < -0.4 is 9.64 Å². The molecule has 6 atom stereocenters. The number of benzene rings is 2. The molecule has 2 saturated heterocycles. The van der Waals surface area contributed by atoms with Gasteiger partial charge in [-0.2, -0.15) is 0 Å². The van der Waals surface area contributed by atoms with Crippen molar-refractivity contribution in [1.29, 1.82) is 0 Å². The van der Waals surface area contributed by atoms with Crippen LogP contribution in [0.15, 0.2) is 48.0 Å². The fourth-order valence-corrected chi connectivity index (χ4v) is 7.50. The molecule has 0 spiro atoms. The van der Waals surface area contributed by atoms with Gasteiger partial charge in [-0.05, 0) is 49.9 Å². The molecule has 202 valence electrons. The second kappa shape index (κ2) is 8.64. The number of ether oxygens (including phenoxy) is 1. The number of aromatic hydroxyl groups is 1. The minimum absolute atomic E-state index is 0.141. The highest BCUT2D eigenvalue weighted by molar-refractivity contribution is 6.31. The van der Waals surface area contributed by atoms with Crippen molar-refractivity contribution in [3.8, 4) is 11.5 Å². The third-order valence-corrected chi connectivity index (χ3v) is 9.51. The first-order valence-corrected chi connectivity index (χ1v) is 13.1. The monoisotopic (exact) mass is 552 g/mol. The van der Waals surface area contributed by atoms with E-state index in [1.54, 1.807) is 25.1 Å². The van der Waals surface area contributed by atoms with Gasteiger partial charge < -0.3 is 9.84 Å². The smallest absolute Gasteiger partial charge is 0.241 e. The van der Waals surface area contributed by atoms with Crippen molar-refractivity contribution < 1.29 is 33.4 Å². The summed E-state index contributed by atoms with van der Waals surface area (Å²) in [6.07, 6.45) is 2.39. The second-order valence-electron chi connectivity index (χ2n) is 10.9. The van der Waals surface area contributed by atoms with Crippen LogP contribution in [0.2, 0.25) is 5.02 Å². The SMILES string of the molecule is COc1cccc([C@H]2C3=CC[C@@H]4C(=O)N(C)C(=O)[C@@H]4[C@@H]3C[C@H]3C(=O)N(c4ccc(F)c(Cl)c4)C(=O)[C@@]23C)c1O. The van der Waals surface area contributed by atoms with Crippen molar-refractivity contribution in [1.82, 2.24) is 4.90 Å². The summed E-state index contributed by atoms with van der Waals surface area (Å²) in [5, 5.41) is 11.0. The Morgan fingerprint density at radius 3 is 2.51 bits per heavy atom. The Morgan fingerprint density at radius 1 is 1.08 bits per heavy atom. The van der Waals surface area contributed by atoms with E-state index in [2.05, 4.69) is 0 Å². The Kier molecular flexibility index (Phi) is 5.66. The number of nitrogens with zero attached hydrogens (tertiary/aromatic N) is 2. The summed E-state index contributed by atoms with van der Waals surface area (Å²) < 4.78 is 19.3. The molecule has 3 fully saturated rings. The molecule has 2 aliphatic heterocycles. The molecule has 0 aromatic heterocycles. The van der Waals surface area contributed by atoms with Crippen LogP contribution in [0.25, 0.3) is 0 Å². The van der Waals surface area contributed by atoms with Gasteiger partial charge in [0.2, 0.25) is 23.6 Å². The lowest BCUT2D eigenvalue weighted by Crippen LogP contribution is -2.48. The molecule has 4 amide bonds. The van der Waals surface area contributed by atoms with Gasteiger partial charge in [0.05, 0.1) is 41.0 Å². The fourth-order valence-electron chi connectivity index (χ4n) is 7.32. The first kappa shape index (κ1) is 25.6. The number of para-hydroxylation sites is 1. The minimum atomic E-state index is -1.35. The predicted molar refractivity (Wildman–Crippen MR) is 138 cm³/mol. The number of phenols is 1. The first-order valence-electron chi connectivity index (χ1n) is 12.7. The van der Waals surface area contributed by atoms with E-state index < -0.39 is 52.6 Å². The Bertz CT molecular complexity index is 1510. The van der Waals surface area contributed by atoms with E-state index in [1.165, 1.54) is 26.3 Å². The molecular weight excluding hydrogens is 527 g/mol. The molecule has 2 aromatic carbocycles. The highest BCUT2D eigenvalue weighted by atomic mass is 35.5. The molecule has 1 N–H and O–H groups in total. The highest BCUT2D eigenvalue weighted by Crippen LogP contribution is 2.64. The number of carbonyl (C=O) groups excluding carboxylic acids is 4. The number of likely N-dealkylation sites (tertiary alicyclic amines) is 1. The average molecular weight is 553 g/mol. The van der Waals surface area contributed by atoms with Crippen LogP contribution in [0.4, 0.5) is 10.1 Å². The first-order chi connectivity index (χ1) is 18.5. The van der Waals surface area contributed by atoms with Crippen molar-refractivity contribution in [2.75, 3.05) is 19.1 Å². The molecule has 0 bridgehead atoms. The summed E-state index contributed by atoms with van der Waals surface area (Å²) >= 11 is 6.00. The molecular formula is C29H26ClFN2O6. The maximum absolute atomic E-state index is 14.3. The third-order valence-electron chi connectivity index (χ3n) is 9.22. The summed E-state index contributed by atoms with van der Waals surface area (Å²) in [5.41, 5.74) is -0.0758. The zero-order chi connectivity index (χ0) is 28.0. The number of anilines is 1. The number of amides is 4. The van der Waals surface area contributed by atoms with E-state index in [-0.39, 0.29) is 40.4 Å². The molecule has 0 unspecified atom stereocenters. The molecule has 10 heteroatoms. The third kappa shape index (κ3) is 3.28. The van der Waals surface area contributed by atoms with Crippen molar-refractivity contribution in [2.24, 2.45) is 29.1 Å². The van der Waals surface area contributed by atoms with E-state index in [1.807, 2.05) is 6.08 Å². The highest BCUT2D eigenvalue weighted by Gasteiger charge is 2.67. The lowest BCUT2D eigenvalue weighted by molar-refractivity contribution is -0.138. The largest absolute Gasteiger partial charge is 0.504 e. The number of rotatable bonds is 3. The van der Waals surface area contributed by atoms with Gasteiger partial charge in [-0.25, -0.2) is 9.29 Å². The molecule has 0 radical (unpaired) electrons. The van der Waals surface area contributed by atoms with Gasteiger partial charge in [-0.1, -0.05) is 35.4 Å². The van der Waals surface area contributed by atoms with Gasteiger partial charge in [0, 0.05) is 18.5 Å². The number of carbonyl (C=O) groups is 4. The lowest BCUT2D eigenvalue weighted by Gasteiger charge is -2.49. The Labute approximate surface area is 229 Å². The number of hydrogen-bond donors (Lipinski definition) is 1. The van der Waals surface area contributed by atoms with Crippen LogP contribution in [-0.2, 0) is 19.2 Å². The van der Waals surface area contributed by atoms with Gasteiger partial charge in [0.15, 0.2) is 11.5 Å². The number of allylic oxidation sites excluding steroid dienone is 2. The molecule has 2 heterocycles. The molecule has 8 nitrogen and oxygen atoms in total. The zero-order valence-corrected chi connectivity index (χ0v) is 22.2. The van der Waals surface area contributed by atoms with Gasteiger partial charge in [-0.3, -0.25) is 24.1 Å². The predicted octanol–water partition coefficient (Wildman–Crippen LogP) is 4.05. The standard InChI is InChI=1S/C29H26ClFN2O6/c1-29-18(26(36)33(28(29)38)13-7-10-20(31)19(30)11-13)12-17-14(8-9-15-22(17)27(37)32(2)25(15)35)23(29)16-5-4-6-21(39-3)24(16)34/h4-8,10-11,15,17-18,22-23,34H,9,12H2,1-3H3/t15-,17+,18-,22-,23+,29+/m0/s1. The summed E-state index contributed by atoms with van der Waals surface area (Å²) in [6.45, 7) is 1.70. The lowest BCUT2D eigenvalue weighted by atomic mass is 9.51. The van der Waals surface area contributed by atoms with E-state index >= 15 is 0 Å². The maximum Gasteiger partial charge on any atom is 0.241 e. The molecule has 1 saturated carbocycles. The van der Waals surface area contributed by atoms with Gasteiger partial charge in [-0.15, -0.1) is 0 Å². The van der Waals surface area contributed by atoms with E-state index in [4.69, 9.17) is 16.3 Å². The number of methoxy groups -OCH3 is 1. The van der Waals surface area contributed by atoms with E-state index in [0.717, 1.165) is 21.4 Å². The van der Waals surface area contributed by atoms with Crippen molar-refractivity contribution >= 4 is 40.9 Å². The van der Waals surface area contributed by atoms with Gasteiger partial charge >= 0.3 is 0 Å². The fraction of sp³-hybridized carbons (Fsp3) is 0.379. The number of imide groups is 2. The normalized spacial score (nSPS) is 31.7. The summed E-state index contributed by atoms with van der Waals surface area (Å²) in [7, 11) is 2.88. The Hall–Kier alpha value is -3.72. The van der Waals surface area contributed by atoms with Crippen molar-refractivity contribution in [3.63, 3.8) is 0 Å². The molecule has 2 aliphatic carbocycles. The zero-order valence-electron chi connectivity index (χ0n) is 21.5. The van der Waals surface area contributed by atoms with Gasteiger partial charge in [0.1, 0.15) is 5.82 Å². The Morgan fingerprint density at radius 2 is 1.82 bits per heavy atom. The van der Waals surface area contributed by atoms with E-state index in [9.17, 15) is 28.7 Å². The average Bonchev–Trinajstić information content (AvgIpc) is 3.26.